The topological polar surface area (TPSA) is 38.0 Å². The summed E-state index contributed by atoms with van der Waals surface area (Å²) >= 11 is 3.36. The van der Waals surface area contributed by atoms with Crippen LogP contribution in [0.2, 0.25) is 0 Å². The van der Waals surface area contributed by atoms with Crippen LogP contribution < -0.4 is 0 Å². The maximum Gasteiger partial charge on any atom is 0.0969 e. The van der Waals surface area contributed by atoms with Crippen LogP contribution in [-0.4, -0.2) is 14.7 Å². The number of aromatic nitrogens is 2. The summed E-state index contributed by atoms with van der Waals surface area (Å²) in [6.07, 6.45) is 4.74. The van der Waals surface area contributed by atoms with Gasteiger partial charge in [0.2, 0.25) is 0 Å². The second kappa shape index (κ2) is 4.59. The van der Waals surface area contributed by atoms with Crippen molar-refractivity contribution in [2.24, 2.45) is 0 Å². The third-order valence-electron chi connectivity index (χ3n) is 2.20. The molecule has 4 heteroatoms. The summed E-state index contributed by atoms with van der Waals surface area (Å²) in [7, 11) is 0. The van der Waals surface area contributed by atoms with E-state index in [2.05, 4.69) is 20.9 Å². The van der Waals surface area contributed by atoms with Gasteiger partial charge in [-0.25, -0.2) is 4.98 Å². The van der Waals surface area contributed by atoms with E-state index in [9.17, 15) is 5.11 Å². The van der Waals surface area contributed by atoms with Gasteiger partial charge in [-0.05, 0) is 17.7 Å². The summed E-state index contributed by atoms with van der Waals surface area (Å²) in [5, 5.41) is 9.92. The molecular formula is C11H11BrN2O. The van der Waals surface area contributed by atoms with E-state index in [1.165, 1.54) is 0 Å². The molecule has 0 fully saturated rings. The lowest BCUT2D eigenvalue weighted by molar-refractivity contribution is 0.156. The number of hydrogen-bond donors (Lipinski definition) is 1. The van der Waals surface area contributed by atoms with Gasteiger partial charge in [0.05, 0.1) is 19.0 Å². The number of nitrogens with zero attached hydrogens (tertiary/aromatic N) is 2. The summed E-state index contributed by atoms with van der Waals surface area (Å²) < 4.78 is 2.87. The number of aliphatic hydroxyl groups is 1. The molecule has 0 saturated carbocycles. The molecule has 15 heavy (non-hydrogen) atoms. The number of hydrogen-bond acceptors (Lipinski definition) is 2. The minimum absolute atomic E-state index is 0.493. The average molecular weight is 267 g/mol. The monoisotopic (exact) mass is 266 g/mol. The van der Waals surface area contributed by atoms with Crippen molar-refractivity contribution in [3.63, 3.8) is 0 Å². The molecule has 1 N–H and O–H groups in total. The quantitative estimate of drug-likeness (QED) is 0.927. The van der Waals surface area contributed by atoms with Crippen LogP contribution in [0.25, 0.3) is 0 Å². The van der Waals surface area contributed by atoms with Gasteiger partial charge in [0.25, 0.3) is 0 Å². The molecule has 0 unspecified atom stereocenters. The van der Waals surface area contributed by atoms with E-state index in [1.807, 2.05) is 35.0 Å². The zero-order chi connectivity index (χ0) is 10.7. The van der Waals surface area contributed by atoms with E-state index in [0.717, 1.165) is 10.0 Å². The van der Waals surface area contributed by atoms with Crippen LogP contribution in [0.1, 0.15) is 11.7 Å². The highest BCUT2D eigenvalue weighted by molar-refractivity contribution is 9.10. The van der Waals surface area contributed by atoms with E-state index in [4.69, 9.17) is 0 Å². The average Bonchev–Trinajstić information content (AvgIpc) is 2.71. The molecule has 1 aromatic carbocycles. The largest absolute Gasteiger partial charge is 0.387 e. The van der Waals surface area contributed by atoms with E-state index in [-0.39, 0.29) is 0 Å². The van der Waals surface area contributed by atoms with E-state index >= 15 is 0 Å². The highest BCUT2D eigenvalue weighted by Crippen LogP contribution is 2.18. The Labute approximate surface area is 96.5 Å². The molecule has 0 saturated heterocycles. The molecule has 0 aliphatic carbocycles. The Morgan fingerprint density at radius 1 is 1.33 bits per heavy atom. The molecule has 1 atom stereocenters. The molecule has 3 nitrogen and oxygen atoms in total. The number of benzene rings is 1. The first kappa shape index (κ1) is 10.4. The molecule has 1 heterocycles. The summed E-state index contributed by atoms with van der Waals surface area (Å²) in [6.45, 7) is 0.529. The van der Waals surface area contributed by atoms with Crippen LogP contribution in [-0.2, 0) is 6.54 Å². The maximum atomic E-state index is 9.92. The van der Waals surface area contributed by atoms with Crippen molar-refractivity contribution < 1.29 is 5.11 Å². The molecule has 78 valence electrons. The minimum Gasteiger partial charge on any atom is -0.387 e. The van der Waals surface area contributed by atoms with Gasteiger partial charge < -0.3 is 9.67 Å². The zero-order valence-electron chi connectivity index (χ0n) is 8.05. The summed E-state index contributed by atoms with van der Waals surface area (Å²) in [5.41, 5.74) is 0.909. The lowest BCUT2D eigenvalue weighted by Crippen LogP contribution is -2.06. The fraction of sp³-hybridized carbons (Fsp3) is 0.182. The molecule has 2 rings (SSSR count). The van der Waals surface area contributed by atoms with E-state index in [1.54, 1.807) is 12.5 Å². The highest BCUT2D eigenvalue weighted by Gasteiger charge is 2.07. The van der Waals surface area contributed by atoms with Gasteiger partial charge in [0.1, 0.15) is 0 Å². The number of rotatable bonds is 3. The Balaban J connectivity index is 2.08. The van der Waals surface area contributed by atoms with Gasteiger partial charge in [-0.1, -0.05) is 28.1 Å². The first-order valence-electron chi connectivity index (χ1n) is 4.65. The molecule has 0 spiro atoms. The van der Waals surface area contributed by atoms with Crippen LogP contribution in [0.3, 0.4) is 0 Å². The predicted molar refractivity (Wildman–Crippen MR) is 61.3 cm³/mol. The number of imidazole rings is 1. The van der Waals surface area contributed by atoms with Gasteiger partial charge in [-0.2, -0.15) is 0 Å². The lowest BCUT2D eigenvalue weighted by Gasteiger charge is -2.11. The van der Waals surface area contributed by atoms with Crippen molar-refractivity contribution in [3.05, 3.63) is 53.0 Å². The Hall–Kier alpha value is -1.13. The Kier molecular flexibility index (Phi) is 3.18. The SMILES string of the molecule is O[C@H](Cn1ccnc1)c1ccc(Br)cc1. The summed E-state index contributed by atoms with van der Waals surface area (Å²) in [5.74, 6) is 0. The second-order valence-electron chi connectivity index (χ2n) is 3.33. The molecule has 2 aromatic rings. The molecule has 0 aliphatic heterocycles. The van der Waals surface area contributed by atoms with Crippen LogP contribution >= 0.6 is 15.9 Å². The molecule has 0 bridgehead atoms. The normalized spacial score (nSPS) is 12.7. The fourth-order valence-electron chi connectivity index (χ4n) is 1.38. The number of halogens is 1. The van der Waals surface area contributed by atoms with Crippen LogP contribution in [0.5, 0.6) is 0 Å². The summed E-state index contributed by atoms with van der Waals surface area (Å²) in [6, 6.07) is 7.66. The van der Waals surface area contributed by atoms with Crippen molar-refractivity contribution in [2.75, 3.05) is 0 Å². The molecular weight excluding hydrogens is 256 g/mol. The first-order valence-corrected chi connectivity index (χ1v) is 5.44. The van der Waals surface area contributed by atoms with Crippen molar-refractivity contribution >= 4 is 15.9 Å². The van der Waals surface area contributed by atoms with E-state index < -0.39 is 6.10 Å². The Morgan fingerprint density at radius 2 is 2.07 bits per heavy atom. The van der Waals surface area contributed by atoms with Crippen molar-refractivity contribution in [3.8, 4) is 0 Å². The molecule has 0 aliphatic rings. The molecule has 1 aromatic heterocycles. The minimum atomic E-state index is -0.493. The van der Waals surface area contributed by atoms with E-state index in [0.29, 0.717) is 6.54 Å². The van der Waals surface area contributed by atoms with Gasteiger partial charge in [-0.3, -0.25) is 0 Å². The van der Waals surface area contributed by atoms with Gasteiger partial charge >= 0.3 is 0 Å². The van der Waals surface area contributed by atoms with Crippen LogP contribution in [0, 0.1) is 0 Å². The van der Waals surface area contributed by atoms with Crippen molar-refractivity contribution in [1.82, 2.24) is 9.55 Å². The van der Waals surface area contributed by atoms with Gasteiger partial charge in [0.15, 0.2) is 0 Å². The third kappa shape index (κ3) is 2.67. The van der Waals surface area contributed by atoms with Crippen molar-refractivity contribution in [1.29, 1.82) is 0 Å². The first-order chi connectivity index (χ1) is 7.25. The number of aliphatic hydroxyl groups excluding tert-OH is 1. The smallest absolute Gasteiger partial charge is 0.0969 e. The Bertz CT molecular complexity index is 411. The third-order valence-corrected chi connectivity index (χ3v) is 2.73. The fourth-order valence-corrected chi connectivity index (χ4v) is 1.65. The second-order valence-corrected chi connectivity index (χ2v) is 4.24. The van der Waals surface area contributed by atoms with Crippen molar-refractivity contribution in [2.45, 2.75) is 12.6 Å². The van der Waals surface area contributed by atoms with Gasteiger partial charge in [-0.15, -0.1) is 0 Å². The van der Waals surface area contributed by atoms with Crippen LogP contribution in [0.15, 0.2) is 47.5 Å². The Morgan fingerprint density at radius 3 is 2.67 bits per heavy atom. The van der Waals surface area contributed by atoms with Crippen LogP contribution in [0.4, 0.5) is 0 Å². The zero-order valence-corrected chi connectivity index (χ0v) is 9.63. The lowest BCUT2D eigenvalue weighted by atomic mass is 10.1. The summed E-state index contributed by atoms with van der Waals surface area (Å²) in [4.78, 5) is 3.93. The highest BCUT2D eigenvalue weighted by atomic mass is 79.9. The predicted octanol–water partition coefficient (Wildman–Crippen LogP) is 2.38. The standard InChI is InChI=1S/C11H11BrN2O/c12-10-3-1-9(2-4-10)11(15)7-14-6-5-13-8-14/h1-6,8,11,15H,7H2/t11-/m1/s1. The van der Waals surface area contributed by atoms with Gasteiger partial charge in [0, 0.05) is 16.9 Å². The maximum absolute atomic E-state index is 9.92. The molecule has 0 radical (unpaired) electrons. The molecule has 0 amide bonds.